The number of hydrazine groups is 1. The van der Waals surface area contributed by atoms with E-state index in [9.17, 15) is 19.7 Å². The third-order valence-corrected chi connectivity index (χ3v) is 3.18. The Morgan fingerprint density at radius 2 is 1.76 bits per heavy atom. The fourth-order valence-electron chi connectivity index (χ4n) is 1.94. The van der Waals surface area contributed by atoms with Crippen molar-refractivity contribution in [1.82, 2.24) is 10.9 Å². The summed E-state index contributed by atoms with van der Waals surface area (Å²) >= 11 is 0. The monoisotopic (exact) mass is 341 g/mol. The van der Waals surface area contributed by atoms with Gasteiger partial charge in [0.2, 0.25) is 0 Å². The van der Waals surface area contributed by atoms with Crippen LogP contribution in [0.2, 0.25) is 0 Å². The van der Waals surface area contributed by atoms with Crippen molar-refractivity contribution < 1.29 is 19.2 Å². The van der Waals surface area contributed by atoms with Crippen molar-refractivity contribution in [3.05, 3.63) is 75.8 Å². The second-order valence-electron chi connectivity index (χ2n) is 4.83. The molecule has 25 heavy (non-hydrogen) atoms. The molecule has 0 saturated heterocycles. The zero-order chi connectivity index (χ0) is 18.2. The van der Waals surface area contributed by atoms with Gasteiger partial charge in [-0.05, 0) is 35.9 Å². The van der Waals surface area contributed by atoms with Crippen LogP contribution in [0.15, 0.2) is 54.6 Å². The Hall–Kier alpha value is -3.68. The standard InChI is InChI=1S/C17H15N3O5/c1-25-15-5-3-2-4-14(15)17(22)19-18-16(21)11-8-12-6-9-13(10-7-12)20(23)24/h2-11H,1H3,(H,18,21)(H,19,22)/b11-8+. The predicted octanol–water partition coefficient (Wildman–Crippen LogP) is 2.08. The Balaban J connectivity index is 1.91. The molecule has 8 nitrogen and oxygen atoms in total. The first-order valence-electron chi connectivity index (χ1n) is 7.17. The number of benzene rings is 2. The van der Waals surface area contributed by atoms with Crippen LogP contribution < -0.4 is 15.6 Å². The summed E-state index contributed by atoms with van der Waals surface area (Å²) in [5.74, 6) is -0.688. The SMILES string of the molecule is COc1ccccc1C(=O)NNC(=O)/C=C/c1ccc([N+](=O)[O-])cc1. The smallest absolute Gasteiger partial charge is 0.273 e. The van der Waals surface area contributed by atoms with Crippen LogP contribution in [-0.2, 0) is 4.79 Å². The normalized spacial score (nSPS) is 10.3. The number of carbonyl (C=O) groups excluding carboxylic acids is 2. The number of nitrogens with zero attached hydrogens (tertiary/aromatic N) is 1. The minimum atomic E-state index is -0.554. The van der Waals surface area contributed by atoms with Gasteiger partial charge in [-0.15, -0.1) is 0 Å². The molecule has 0 atom stereocenters. The Kier molecular flexibility index (Phi) is 5.83. The van der Waals surface area contributed by atoms with E-state index in [0.717, 1.165) is 0 Å². The lowest BCUT2D eigenvalue weighted by Gasteiger charge is -2.08. The molecular formula is C17H15N3O5. The molecule has 0 aliphatic rings. The van der Waals surface area contributed by atoms with E-state index in [4.69, 9.17) is 4.74 Å². The van der Waals surface area contributed by atoms with Crippen molar-refractivity contribution in [3.63, 3.8) is 0 Å². The maximum absolute atomic E-state index is 12.0. The van der Waals surface area contributed by atoms with Gasteiger partial charge >= 0.3 is 0 Å². The van der Waals surface area contributed by atoms with Crippen molar-refractivity contribution in [2.24, 2.45) is 0 Å². The van der Waals surface area contributed by atoms with Gasteiger partial charge in [0, 0.05) is 18.2 Å². The van der Waals surface area contributed by atoms with E-state index in [-0.39, 0.29) is 11.3 Å². The number of hydrogen-bond acceptors (Lipinski definition) is 5. The van der Waals surface area contributed by atoms with Crippen molar-refractivity contribution in [2.45, 2.75) is 0 Å². The molecule has 2 aromatic carbocycles. The van der Waals surface area contributed by atoms with Crippen LogP contribution in [0.1, 0.15) is 15.9 Å². The molecule has 0 unspecified atom stereocenters. The second-order valence-corrected chi connectivity index (χ2v) is 4.83. The Morgan fingerprint density at radius 1 is 1.08 bits per heavy atom. The summed E-state index contributed by atoms with van der Waals surface area (Å²) in [6, 6.07) is 12.3. The highest BCUT2D eigenvalue weighted by atomic mass is 16.6. The quantitative estimate of drug-likeness (QED) is 0.491. The topological polar surface area (TPSA) is 111 Å². The predicted molar refractivity (Wildman–Crippen MR) is 90.7 cm³/mol. The van der Waals surface area contributed by atoms with Crippen molar-refractivity contribution >= 4 is 23.6 Å². The molecule has 0 bridgehead atoms. The van der Waals surface area contributed by atoms with Crippen LogP contribution in [-0.4, -0.2) is 23.8 Å². The first-order valence-corrected chi connectivity index (χ1v) is 7.17. The van der Waals surface area contributed by atoms with Gasteiger partial charge in [0.1, 0.15) is 5.75 Å². The number of amides is 2. The minimum Gasteiger partial charge on any atom is -0.496 e. The highest BCUT2D eigenvalue weighted by Crippen LogP contribution is 2.16. The molecule has 0 radical (unpaired) electrons. The minimum absolute atomic E-state index is 0.0364. The van der Waals surface area contributed by atoms with Gasteiger partial charge in [0.25, 0.3) is 17.5 Å². The van der Waals surface area contributed by atoms with Gasteiger partial charge in [-0.1, -0.05) is 12.1 Å². The van der Waals surface area contributed by atoms with Crippen LogP contribution in [0.25, 0.3) is 6.08 Å². The zero-order valence-corrected chi connectivity index (χ0v) is 13.3. The van der Waals surface area contributed by atoms with Crippen molar-refractivity contribution in [2.75, 3.05) is 7.11 Å². The molecule has 0 aliphatic heterocycles. The van der Waals surface area contributed by atoms with Gasteiger partial charge in [0.05, 0.1) is 17.6 Å². The summed E-state index contributed by atoms with van der Waals surface area (Å²) < 4.78 is 5.07. The van der Waals surface area contributed by atoms with Crippen molar-refractivity contribution in [1.29, 1.82) is 0 Å². The van der Waals surface area contributed by atoms with Crippen molar-refractivity contribution in [3.8, 4) is 5.75 Å². The summed E-state index contributed by atoms with van der Waals surface area (Å²) in [7, 11) is 1.44. The molecule has 0 aromatic heterocycles. The molecule has 0 fully saturated rings. The van der Waals surface area contributed by atoms with E-state index >= 15 is 0 Å². The van der Waals surface area contributed by atoms with Gasteiger partial charge in [-0.2, -0.15) is 0 Å². The van der Waals surface area contributed by atoms with Gasteiger partial charge in [-0.25, -0.2) is 0 Å². The number of nitrogens with one attached hydrogen (secondary N) is 2. The Morgan fingerprint density at radius 3 is 2.40 bits per heavy atom. The van der Waals surface area contributed by atoms with E-state index in [1.807, 2.05) is 0 Å². The lowest BCUT2D eigenvalue weighted by atomic mass is 10.2. The molecule has 2 amide bonds. The van der Waals surface area contributed by atoms with Crippen LogP contribution in [0.5, 0.6) is 5.75 Å². The number of non-ortho nitro benzene ring substituents is 1. The lowest BCUT2D eigenvalue weighted by Crippen LogP contribution is -2.40. The first-order chi connectivity index (χ1) is 12.0. The van der Waals surface area contributed by atoms with Gasteiger partial charge in [-0.3, -0.25) is 30.6 Å². The number of para-hydroxylation sites is 1. The summed E-state index contributed by atoms with van der Waals surface area (Å²) in [6.07, 6.45) is 2.66. The number of methoxy groups -OCH3 is 1. The van der Waals surface area contributed by atoms with Gasteiger partial charge < -0.3 is 4.74 Å². The van der Waals surface area contributed by atoms with E-state index in [2.05, 4.69) is 10.9 Å². The average molecular weight is 341 g/mol. The highest BCUT2D eigenvalue weighted by Gasteiger charge is 2.11. The summed E-state index contributed by atoms with van der Waals surface area (Å²) in [4.78, 5) is 33.8. The maximum atomic E-state index is 12.0. The van der Waals surface area contributed by atoms with E-state index in [0.29, 0.717) is 11.3 Å². The largest absolute Gasteiger partial charge is 0.496 e. The van der Waals surface area contributed by atoms with Crippen LogP contribution >= 0.6 is 0 Å². The maximum Gasteiger partial charge on any atom is 0.273 e. The third-order valence-electron chi connectivity index (χ3n) is 3.18. The fourth-order valence-corrected chi connectivity index (χ4v) is 1.94. The molecular weight excluding hydrogens is 326 g/mol. The number of nitro benzene ring substituents is 1. The molecule has 2 rings (SSSR count). The first kappa shape index (κ1) is 17.7. The number of nitro groups is 1. The number of carbonyl (C=O) groups is 2. The summed E-state index contributed by atoms with van der Waals surface area (Å²) in [5.41, 5.74) is 5.37. The van der Waals surface area contributed by atoms with Crippen LogP contribution in [0, 0.1) is 10.1 Å². The van der Waals surface area contributed by atoms with E-state index in [1.54, 1.807) is 24.3 Å². The fraction of sp³-hybridized carbons (Fsp3) is 0.0588. The average Bonchev–Trinajstić information content (AvgIpc) is 2.64. The van der Waals surface area contributed by atoms with Gasteiger partial charge in [0.15, 0.2) is 0 Å². The Labute approximate surface area is 143 Å². The number of ether oxygens (including phenoxy) is 1. The molecule has 0 saturated carbocycles. The molecule has 0 heterocycles. The number of hydrogen-bond donors (Lipinski definition) is 2. The van der Waals surface area contributed by atoms with Crippen LogP contribution in [0.4, 0.5) is 5.69 Å². The lowest BCUT2D eigenvalue weighted by molar-refractivity contribution is -0.384. The molecule has 0 aliphatic carbocycles. The van der Waals surface area contributed by atoms with Crippen LogP contribution in [0.3, 0.4) is 0 Å². The molecule has 2 N–H and O–H groups in total. The molecule has 2 aromatic rings. The van der Waals surface area contributed by atoms with E-state index < -0.39 is 16.7 Å². The molecule has 8 heteroatoms. The highest BCUT2D eigenvalue weighted by molar-refractivity contribution is 5.99. The number of rotatable bonds is 5. The molecule has 128 valence electrons. The molecule has 0 spiro atoms. The van der Waals surface area contributed by atoms with E-state index in [1.165, 1.54) is 43.5 Å². The Bertz CT molecular complexity index is 815. The zero-order valence-electron chi connectivity index (χ0n) is 13.3. The summed E-state index contributed by atoms with van der Waals surface area (Å²) in [6.45, 7) is 0. The third kappa shape index (κ3) is 4.90. The second kappa shape index (κ2) is 8.25. The summed E-state index contributed by atoms with van der Waals surface area (Å²) in [5, 5.41) is 10.6.